The normalized spacial score (nSPS) is 20.2. The van der Waals surface area contributed by atoms with Crippen LogP contribution in [-0.4, -0.2) is 18.9 Å². The van der Waals surface area contributed by atoms with Crippen LogP contribution in [0.5, 0.6) is 0 Å². The molecule has 1 heterocycles. The molecule has 116 valence electrons. The van der Waals surface area contributed by atoms with Gasteiger partial charge in [-0.15, -0.1) is 0 Å². The topological polar surface area (TPSA) is 53.1 Å². The molecule has 0 bridgehead atoms. The van der Waals surface area contributed by atoms with Crippen molar-refractivity contribution in [1.29, 1.82) is 5.41 Å². The van der Waals surface area contributed by atoms with Crippen molar-refractivity contribution in [2.45, 2.75) is 40.0 Å². The quantitative estimate of drug-likeness (QED) is 0.613. The summed E-state index contributed by atoms with van der Waals surface area (Å²) in [6, 6.07) is 5.98. The van der Waals surface area contributed by atoms with Gasteiger partial charge in [-0.05, 0) is 48.8 Å². The fraction of sp³-hybridized carbons (Fsp3) is 0.588. The first-order chi connectivity index (χ1) is 9.79. The van der Waals surface area contributed by atoms with Crippen LogP contribution >= 0.6 is 15.9 Å². The van der Waals surface area contributed by atoms with Crippen molar-refractivity contribution < 1.29 is 0 Å². The molecule has 3 nitrogen and oxygen atoms in total. The Balaban J connectivity index is 2.23. The summed E-state index contributed by atoms with van der Waals surface area (Å²) in [6.07, 6.45) is 3.68. The van der Waals surface area contributed by atoms with Crippen LogP contribution in [0.3, 0.4) is 0 Å². The van der Waals surface area contributed by atoms with E-state index in [2.05, 4.69) is 47.7 Å². The first kappa shape index (κ1) is 16.3. The van der Waals surface area contributed by atoms with Crippen molar-refractivity contribution in [3.8, 4) is 0 Å². The predicted molar refractivity (Wildman–Crippen MR) is 94.2 cm³/mol. The Bertz CT molecular complexity index is 519. The molecule has 1 atom stereocenters. The SMILES string of the molecule is CC(C)(C)C1CCCN(c2cc(Br)ccc2C(=N)N)CC1. The zero-order valence-corrected chi connectivity index (χ0v) is 14.8. The highest BCUT2D eigenvalue weighted by Crippen LogP contribution is 2.36. The third-order valence-electron chi connectivity index (χ3n) is 4.54. The van der Waals surface area contributed by atoms with E-state index in [1.54, 1.807) is 0 Å². The van der Waals surface area contributed by atoms with Gasteiger partial charge >= 0.3 is 0 Å². The minimum Gasteiger partial charge on any atom is -0.384 e. The second-order valence-corrected chi connectivity index (χ2v) is 7.97. The summed E-state index contributed by atoms with van der Waals surface area (Å²) in [5.41, 5.74) is 8.05. The van der Waals surface area contributed by atoms with Crippen LogP contribution in [-0.2, 0) is 0 Å². The van der Waals surface area contributed by atoms with E-state index in [4.69, 9.17) is 11.1 Å². The Morgan fingerprint density at radius 3 is 2.62 bits per heavy atom. The van der Waals surface area contributed by atoms with Gasteiger partial charge in [0.1, 0.15) is 5.84 Å². The van der Waals surface area contributed by atoms with Crippen LogP contribution in [0, 0.1) is 16.7 Å². The summed E-state index contributed by atoms with van der Waals surface area (Å²) in [7, 11) is 0. The van der Waals surface area contributed by atoms with Gasteiger partial charge in [0.25, 0.3) is 0 Å². The standard InChI is InChI=1S/C17H26BrN3/c1-17(2,3)12-5-4-9-21(10-8-12)15-11-13(18)6-7-14(15)16(19)20/h6-7,11-12H,4-5,8-10H2,1-3H3,(H3,19,20). The third kappa shape index (κ3) is 4.00. The Morgan fingerprint density at radius 1 is 1.29 bits per heavy atom. The Kier molecular flexibility index (Phi) is 4.97. The molecular formula is C17H26BrN3. The molecule has 1 fully saturated rings. The number of benzene rings is 1. The number of anilines is 1. The number of hydrogen-bond acceptors (Lipinski definition) is 2. The highest BCUT2D eigenvalue weighted by molar-refractivity contribution is 9.10. The molecule has 1 aromatic carbocycles. The highest BCUT2D eigenvalue weighted by Gasteiger charge is 2.27. The van der Waals surface area contributed by atoms with Gasteiger partial charge in [-0.25, -0.2) is 0 Å². The van der Waals surface area contributed by atoms with Gasteiger partial charge in [0, 0.05) is 28.8 Å². The van der Waals surface area contributed by atoms with Crippen LogP contribution in [0.4, 0.5) is 5.69 Å². The molecule has 1 aliphatic rings. The molecule has 1 unspecified atom stereocenters. The van der Waals surface area contributed by atoms with Crippen LogP contribution in [0.25, 0.3) is 0 Å². The van der Waals surface area contributed by atoms with Crippen LogP contribution in [0.2, 0.25) is 0 Å². The second-order valence-electron chi connectivity index (χ2n) is 7.06. The van der Waals surface area contributed by atoms with Crippen molar-refractivity contribution in [3.05, 3.63) is 28.2 Å². The van der Waals surface area contributed by atoms with Gasteiger partial charge in [0.15, 0.2) is 0 Å². The number of nitrogens with two attached hydrogens (primary N) is 1. The third-order valence-corrected chi connectivity index (χ3v) is 5.04. The summed E-state index contributed by atoms with van der Waals surface area (Å²) in [5, 5.41) is 7.79. The van der Waals surface area contributed by atoms with E-state index in [1.165, 1.54) is 19.3 Å². The zero-order valence-electron chi connectivity index (χ0n) is 13.2. The fourth-order valence-electron chi connectivity index (χ4n) is 3.20. The molecule has 21 heavy (non-hydrogen) atoms. The number of halogens is 1. The van der Waals surface area contributed by atoms with Crippen molar-refractivity contribution >= 4 is 27.5 Å². The number of nitrogen functional groups attached to an aromatic ring is 1. The van der Waals surface area contributed by atoms with E-state index in [9.17, 15) is 0 Å². The van der Waals surface area contributed by atoms with Gasteiger partial charge in [-0.1, -0.05) is 36.7 Å². The number of nitrogens with one attached hydrogen (secondary N) is 1. The summed E-state index contributed by atoms with van der Waals surface area (Å²) < 4.78 is 1.04. The second kappa shape index (κ2) is 6.39. The lowest BCUT2D eigenvalue weighted by molar-refractivity contribution is 0.220. The van der Waals surface area contributed by atoms with Crippen LogP contribution < -0.4 is 10.6 Å². The molecule has 3 N–H and O–H groups in total. The molecule has 0 aliphatic carbocycles. The predicted octanol–water partition coefficient (Wildman–Crippen LogP) is 4.39. The maximum Gasteiger partial charge on any atom is 0.124 e. The summed E-state index contributed by atoms with van der Waals surface area (Å²) >= 11 is 3.54. The van der Waals surface area contributed by atoms with Crippen molar-refractivity contribution in [2.24, 2.45) is 17.1 Å². The molecule has 2 rings (SSSR count). The molecule has 0 spiro atoms. The molecule has 0 saturated carbocycles. The zero-order chi connectivity index (χ0) is 15.6. The van der Waals surface area contributed by atoms with Crippen molar-refractivity contribution in [3.63, 3.8) is 0 Å². The van der Waals surface area contributed by atoms with Crippen molar-refractivity contribution in [2.75, 3.05) is 18.0 Å². The molecule has 0 amide bonds. The Labute approximate surface area is 136 Å². The van der Waals surface area contributed by atoms with Gasteiger partial charge in [0.05, 0.1) is 0 Å². The lowest BCUT2D eigenvalue weighted by Crippen LogP contribution is -2.28. The van der Waals surface area contributed by atoms with Crippen LogP contribution in [0.15, 0.2) is 22.7 Å². The van der Waals surface area contributed by atoms with Crippen molar-refractivity contribution in [1.82, 2.24) is 0 Å². The summed E-state index contributed by atoms with van der Waals surface area (Å²) in [5.74, 6) is 0.907. The average Bonchev–Trinajstić information content (AvgIpc) is 2.63. The van der Waals surface area contributed by atoms with Gasteiger partial charge < -0.3 is 10.6 Å². The lowest BCUT2D eigenvalue weighted by atomic mass is 9.77. The van der Waals surface area contributed by atoms with E-state index in [0.29, 0.717) is 5.41 Å². The smallest absolute Gasteiger partial charge is 0.124 e. The highest BCUT2D eigenvalue weighted by atomic mass is 79.9. The minimum atomic E-state index is 0.147. The monoisotopic (exact) mass is 351 g/mol. The largest absolute Gasteiger partial charge is 0.384 e. The maximum absolute atomic E-state index is 7.79. The molecular weight excluding hydrogens is 326 g/mol. The molecule has 1 saturated heterocycles. The number of nitrogens with zero attached hydrogens (tertiary/aromatic N) is 1. The number of rotatable bonds is 2. The van der Waals surface area contributed by atoms with E-state index >= 15 is 0 Å². The summed E-state index contributed by atoms with van der Waals surface area (Å²) in [6.45, 7) is 9.11. The average molecular weight is 352 g/mol. The first-order valence-electron chi connectivity index (χ1n) is 7.68. The number of amidine groups is 1. The Hall–Kier alpha value is -1.03. The minimum absolute atomic E-state index is 0.147. The molecule has 0 aromatic heterocycles. The fourth-order valence-corrected chi connectivity index (χ4v) is 3.55. The van der Waals surface area contributed by atoms with E-state index in [0.717, 1.165) is 34.7 Å². The van der Waals surface area contributed by atoms with Gasteiger partial charge in [0.2, 0.25) is 0 Å². The maximum atomic E-state index is 7.79. The van der Waals surface area contributed by atoms with E-state index in [1.807, 2.05) is 12.1 Å². The molecule has 1 aliphatic heterocycles. The van der Waals surface area contributed by atoms with E-state index in [-0.39, 0.29) is 5.84 Å². The van der Waals surface area contributed by atoms with E-state index < -0.39 is 0 Å². The van der Waals surface area contributed by atoms with Gasteiger partial charge in [-0.2, -0.15) is 0 Å². The first-order valence-corrected chi connectivity index (χ1v) is 8.47. The molecule has 0 radical (unpaired) electrons. The van der Waals surface area contributed by atoms with Crippen LogP contribution in [0.1, 0.15) is 45.6 Å². The van der Waals surface area contributed by atoms with Gasteiger partial charge in [-0.3, -0.25) is 5.41 Å². The molecule has 4 heteroatoms. The lowest BCUT2D eigenvalue weighted by Gasteiger charge is -2.30. The Morgan fingerprint density at radius 2 is 2.00 bits per heavy atom. The summed E-state index contributed by atoms with van der Waals surface area (Å²) in [4.78, 5) is 2.40. The number of hydrogen-bond donors (Lipinski definition) is 2. The molecule has 1 aromatic rings.